The molecule has 0 unspecified atom stereocenters. The zero-order chi connectivity index (χ0) is 13.7. The fourth-order valence-electron chi connectivity index (χ4n) is 1.65. The molecule has 0 heterocycles. The van der Waals surface area contributed by atoms with E-state index in [9.17, 15) is 4.79 Å². The third-order valence-electron chi connectivity index (χ3n) is 2.71. The van der Waals surface area contributed by atoms with E-state index >= 15 is 0 Å². The number of ketones is 1. The summed E-state index contributed by atoms with van der Waals surface area (Å²) in [6.45, 7) is 4.21. The molecular formula is C14H19BrO3. The first-order chi connectivity index (χ1) is 8.49. The van der Waals surface area contributed by atoms with E-state index in [1.54, 1.807) is 26.4 Å². The quantitative estimate of drug-likeness (QED) is 0.742. The molecule has 0 atom stereocenters. The summed E-state index contributed by atoms with van der Waals surface area (Å²) < 4.78 is 11.1. The molecule has 1 aromatic rings. The monoisotopic (exact) mass is 314 g/mol. The lowest BCUT2D eigenvalue weighted by Crippen LogP contribution is -2.05. The van der Waals surface area contributed by atoms with Crippen LogP contribution in [-0.2, 0) is 0 Å². The van der Waals surface area contributed by atoms with Gasteiger partial charge in [0, 0.05) is 17.0 Å². The average molecular weight is 315 g/mol. The van der Waals surface area contributed by atoms with Gasteiger partial charge in [0.25, 0.3) is 0 Å². The maximum absolute atomic E-state index is 12.2. The highest BCUT2D eigenvalue weighted by Crippen LogP contribution is 2.33. The topological polar surface area (TPSA) is 35.5 Å². The number of carbonyl (C=O) groups is 1. The van der Waals surface area contributed by atoms with Crippen LogP contribution in [0.4, 0.5) is 0 Å². The molecule has 100 valence electrons. The Bertz CT molecular complexity index is 427. The van der Waals surface area contributed by atoms with Gasteiger partial charge in [-0.25, -0.2) is 0 Å². The molecule has 0 radical (unpaired) electrons. The minimum absolute atomic E-state index is 0.0927. The molecule has 1 rings (SSSR count). The maximum Gasteiger partial charge on any atom is 0.167 e. The fraction of sp³-hybridized carbons (Fsp3) is 0.500. The van der Waals surface area contributed by atoms with Gasteiger partial charge in [0.05, 0.1) is 19.8 Å². The van der Waals surface area contributed by atoms with Crippen LogP contribution in [-0.4, -0.2) is 20.0 Å². The molecule has 4 heteroatoms. The van der Waals surface area contributed by atoms with Crippen molar-refractivity contribution in [3.05, 3.63) is 22.2 Å². The van der Waals surface area contributed by atoms with Crippen LogP contribution in [0.2, 0.25) is 0 Å². The summed E-state index contributed by atoms with van der Waals surface area (Å²) in [5, 5.41) is 0. The van der Waals surface area contributed by atoms with E-state index in [4.69, 9.17) is 9.47 Å². The lowest BCUT2D eigenvalue weighted by molar-refractivity contribution is 0.0971. The van der Waals surface area contributed by atoms with Crippen LogP contribution >= 0.6 is 15.9 Å². The Morgan fingerprint density at radius 3 is 2.44 bits per heavy atom. The fourth-order valence-corrected chi connectivity index (χ4v) is 2.29. The molecule has 3 nitrogen and oxygen atoms in total. The Morgan fingerprint density at radius 2 is 1.94 bits per heavy atom. The summed E-state index contributed by atoms with van der Waals surface area (Å²) in [7, 11) is 3.14. The van der Waals surface area contributed by atoms with Crippen molar-refractivity contribution in [2.75, 3.05) is 14.2 Å². The van der Waals surface area contributed by atoms with Crippen molar-refractivity contribution in [2.45, 2.75) is 26.7 Å². The van der Waals surface area contributed by atoms with Crippen molar-refractivity contribution in [1.29, 1.82) is 0 Å². The summed E-state index contributed by atoms with van der Waals surface area (Å²) in [6.07, 6.45) is 1.40. The van der Waals surface area contributed by atoms with Crippen molar-refractivity contribution in [2.24, 2.45) is 5.92 Å². The van der Waals surface area contributed by atoms with Crippen LogP contribution in [0.3, 0.4) is 0 Å². The lowest BCUT2D eigenvalue weighted by Gasteiger charge is -2.12. The van der Waals surface area contributed by atoms with E-state index in [1.165, 1.54) is 0 Å². The molecule has 0 aliphatic carbocycles. The first-order valence-electron chi connectivity index (χ1n) is 5.94. The second kappa shape index (κ2) is 6.78. The van der Waals surface area contributed by atoms with Crippen molar-refractivity contribution < 1.29 is 14.3 Å². The first-order valence-corrected chi connectivity index (χ1v) is 6.73. The molecule has 0 saturated carbocycles. The number of benzene rings is 1. The predicted molar refractivity (Wildman–Crippen MR) is 75.6 cm³/mol. The van der Waals surface area contributed by atoms with Crippen molar-refractivity contribution >= 4 is 21.7 Å². The van der Waals surface area contributed by atoms with Gasteiger partial charge in [-0.2, -0.15) is 0 Å². The molecule has 18 heavy (non-hydrogen) atoms. The van der Waals surface area contributed by atoms with Gasteiger partial charge in [0.15, 0.2) is 5.78 Å². The van der Waals surface area contributed by atoms with E-state index in [0.29, 0.717) is 33.9 Å². The van der Waals surface area contributed by atoms with Gasteiger partial charge in [-0.05, 0) is 34.3 Å². The van der Waals surface area contributed by atoms with E-state index in [-0.39, 0.29) is 5.78 Å². The second-order valence-corrected chi connectivity index (χ2v) is 5.40. The summed E-state index contributed by atoms with van der Waals surface area (Å²) >= 11 is 3.41. The van der Waals surface area contributed by atoms with Crippen LogP contribution < -0.4 is 9.47 Å². The first kappa shape index (κ1) is 15.0. The lowest BCUT2D eigenvalue weighted by atomic mass is 10.0. The molecule has 0 spiro atoms. The zero-order valence-electron chi connectivity index (χ0n) is 11.2. The number of hydrogen-bond acceptors (Lipinski definition) is 3. The number of carbonyl (C=O) groups excluding carboxylic acids is 1. The summed E-state index contributed by atoms with van der Waals surface area (Å²) in [5.41, 5.74) is 0.596. The normalized spacial score (nSPS) is 10.6. The minimum atomic E-state index is 0.0927. The van der Waals surface area contributed by atoms with Crippen LogP contribution in [0.15, 0.2) is 16.6 Å². The standard InChI is InChI=1S/C14H19BrO3/c1-9(2)5-6-12(16)14-11(15)7-10(17-3)8-13(14)18-4/h7-9H,5-6H2,1-4H3. The van der Waals surface area contributed by atoms with Gasteiger partial charge in [-0.15, -0.1) is 0 Å². The van der Waals surface area contributed by atoms with E-state index in [1.807, 2.05) is 0 Å². The third kappa shape index (κ3) is 3.73. The molecule has 0 amide bonds. The maximum atomic E-state index is 12.2. The minimum Gasteiger partial charge on any atom is -0.497 e. The van der Waals surface area contributed by atoms with Gasteiger partial charge in [0.1, 0.15) is 11.5 Å². The van der Waals surface area contributed by atoms with E-state index in [0.717, 1.165) is 6.42 Å². The highest BCUT2D eigenvalue weighted by molar-refractivity contribution is 9.10. The van der Waals surface area contributed by atoms with Crippen LogP contribution in [0.5, 0.6) is 11.5 Å². The molecule has 0 aliphatic heterocycles. The highest BCUT2D eigenvalue weighted by Gasteiger charge is 2.18. The number of ether oxygens (including phenoxy) is 2. The van der Waals surface area contributed by atoms with Gasteiger partial charge in [0.2, 0.25) is 0 Å². The molecule has 0 aromatic heterocycles. The SMILES string of the molecule is COc1cc(Br)c(C(=O)CCC(C)C)c(OC)c1. The largest absolute Gasteiger partial charge is 0.497 e. The molecule has 0 N–H and O–H groups in total. The number of halogens is 1. The van der Waals surface area contributed by atoms with Gasteiger partial charge in [-0.1, -0.05) is 13.8 Å². The average Bonchev–Trinajstić information content (AvgIpc) is 2.34. The molecule has 0 fully saturated rings. The summed E-state index contributed by atoms with van der Waals surface area (Å²) in [5.74, 6) is 1.82. The third-order valence-corrected chi connectivity index (χ3v) is 3.34. The van der Waals surface area contributed by atoms with E-state index < -0.39 is 0 Å². The predicted octanol–water partition coefficient (Wildman–Crippen LogP) is 4.09. The number of methoxy groups -OCH3 is 2. The molecule has 1 aromatic carbocycles. The van der Waals surface area contributed by atoms with Crippen LogP contribution in [0, 0.1) is 5.92 Å². The molecular weight excluding hydrogens is 296 g/mol. The second-order valence-electron chi connectivity index (χ2n) is 4.54. The highest BCUT2D eigenvalue weighted by atomic mass is 79.9. The Hall–Kier alpha value is -1.03. The molecule has 0 bridgehead atoms. The van der Waals surface area contributed by atoms with Crippen LogP contribution in [0.25, 0.3) is 0 Å². The van der Waals surface area contributed by atoms with E-state index in [2.05, 4.69) is 29.8 Å². The molecule has 0 saturated heterocycles. The van der Waals surface area contributed by atoms with Gasteiger partial charge < -0.3 is 9.47 Å². The number of hydrogen-bond donors (Lipinski definition) is 0. The van der Waals surface area contributed by atoms with Gasteiger partial charge >= 0.3 is 0 Å². The number of Topliss-reactive ketones (excluding diaryl/α,β-unsaturated/α-hetero) is 1. The van der Waals surface area contributed by atoms with Crippen molar-refractivity contribution in [1.82, 2.24) is 0 Å². The summed E-state index contributed by atoms with van der Waals surface area (Å²) in [6, 6.07) is 3.51. The van der Waals surface area contributed by atoms with Crippen LogP contribution in [0.1, 0.15) is 37.0 Å². The number of rotatable bonds is 6. The smallest absolute Gasteiger partial charge is 0.167 e. The van der Waals surface area contributed by atoms with Crippen molar-refractivity contribution in [3.63, 3.8) is 0 Å². The Kier molecular flexibility index (Phi) is 5.66. The summed E-state index contributed by atoms with van der Waals surface area (Å²) in [4.78, 5) is 12.2. The Balaban J connectivity index is 3.03. The molecule has 0 aliphatic rings. The Labute approximate surface area is 117 Å². The Morgan fingerprint density at radius 1 is 1.28 bits per heavy atom. The van der Waals surface area contributed by atoms with Crippen molar-refractivity contribution in [3.8, 4) is 11.5 Å². The van der Waals surface area contributed by atoms with Gasteiger partial charge in [-0.3, -0.25) is 4.79 Å². The zero-order valence-corrected chi connectivity index (χ0v) is 12.8.